The fraction of sp³-hybridized carbons (Fsp3) is 0.263. The lowest BCUT2D eigenvalue weighted by Crippen LogP contribution is -2.03. The van der Waals surface area contributed by atoms with Gasteiger partial charge in [-0.1, -0.05) is 0 Å². The van der Waals surface area contributed by atoms with Crippen LogP contribution in [-0.2, 0) is 9.47 Å². The van der Waals surface area contributed by atoms with Crippen molar-refractivity contribution in [1.82, 2.24) is 0 Å². The van der Waals surface area contributed by atoms with Crippen LogP contribution in [0.15, 0.2) is 15.9 Å². The summed E-state index contributed by atoms with van der Waals surface area (Å²) in [6.07, 6.45) is 0. The summed E-state index contributed by atoms with van der Waals surface area (Å²) in [7, 11) is 2.51. The number of hydrogen-bond donors (Lipinski definition) is 2. The van der Waals surface area contributed by atoms with E-state index in [1.165, 1.54) is 48.2 Å². The lowest BCUT2D eigenvalue weighted by Gasteiger charge is -2.14. The number of methoxy groups -OCH3 is 2. The fourth-order valence-electron chi connectivity index (χ4n) is 3.04. The molecule has 0 unspecified atom stereocenters. The maximum absolute atomic E-state index is 12.1. The highest BCUT2D eigenvalue weighted by Gasteiger charge is 2.34. The number of hydrogen-bond acceptors (Lipinski definition) is 9. The Morgan fingerprint density at radius 3 is 1.76 bits per heavy atom. The normalized spacial score (nSPS) is 11.1. The molecule has 3 rings (SSSR count). The van der Waals surface area contributed by atoms with E-state index in [1.54, 1.807) is 13.8 Å². The summed E-state index contributed by atoms with van der Waals surface area (Å²) in [5, 5.41) is 23.6. The summed E-state index contributed by atoms with van der Waals surface area (Å²) in [4.78, 5) is 27.3. The average molecular weight is 517 g/mol. The summed E-state index contributed by atoms with van der Waals surface area (Å²) in [6.45, 7) is 3.45. The van der Waals surface area contributed by atoms with Crippen molar-refractivity contribution in [1.29, 1.82) is 0 Å². The van der Waals surface area contributed by atoms with Crippen molar-refractivity contribution in [2.75, 3.05) is 14.2 Å². The van der Waals surface area contributed by atoms with E-state index >= 15 is 0 Å². The lowest BCUT2D eigenvalue weighted by molar-refractivity contribution is 0.0588. The van der Waals surface area contributed by atoms with Crippen molar-refractivity contribution in [3.05, 3.63) is 51.4 Å². The lowest BCUT2D eigenvalue weighted by atomic mass is 9.99. The third kappa shape index (κ3) is 3.81. The number of rotatable bonds is 5. The van der Waals surface area contributed by atoms with Gasteiger partial charge < -0.3 is 19.7 Å². The number of carbonyl (C=O) groups excluding carboxylic acids is 2. The third-order valence-corrected chi connectivity index (χ3v) is 8.42. The first-order valence-electron chi connectivity index (χ1n) is 8.26. The number of halogens is 1. The smallest absolute Gasteiger partial charge is 0.342 e. The first kappa shape index (κ1) is 21.8. The quantitative estimate of drug-likeness (QED) is 0.440. The zero-order valence-electron chi connectivity index (χ0n) is 15.9. The van der Waals surface area contributed by atoms with Crippen molar-refractivity contribution in [2.24, 2.45) is 0 Å². The van der Waals surface area contributed by atoms with Crippen molar-refractivity contribution in [2.45, 2.75) is 19.8 Å². The number of aromatic hydroxyl groups is 2. The molecule has 0 fully saturated rings. The molecule has 2 N–H and O–H groups in total. The van der Waals surface area contributed by atoms with Gasteiger partial charge in [-0.25, -0.2) is 9.59 Å². The van der Waals surface area contributed by atoms with Crippen LogP contribution in [0.4, 0.5) is 0 Å². The predicted octanol–water partition coefficient (Wildman–Crippen LogP) is 5.42. The fourth-order valence-corrected chi connectivity index (χ4v) is 7.17. The van der Waals surface area contributed by atoms with Gasteiger partial charge in [0.25, 0.3) is 0 Å². The number of thiophene rings is 3. The maximum atomic E-state index is 12.1. The second-order valence-electron chi connectivity index (χ2n) is 6.08. The topological polar surface area (TPSA) is 93.1 Å². The number of ether oxygens (including phenoxy) is 2. The number of aryl methyl sites for hydroxylation is 2. The molecular formula is C19H17BrO6S3. The van der Waals surface area contributed by atoms with Gasteiger partial charge in [-0.2, -0.15) is 0 Å². The van der Waals surface area contributed by atoms with E-state index in [0.29, 0.717) is 19.5 Å². The Morgan fingerprint density at radius 2 is 1.41 bits per heavy atom. The predicted molar refractivity (Wildman–Crippen MR) is 117 cm³/mol. The molecular weight excluding hydrogens is 500 g/mol. The van der Waals surface area contributed by atoms with E-state index < -0.39 is 17.9 Å². The first-order valence-corrected chi connectivity index (χ1v) is 11.6. The molecule has 6 nitrogen and oxygen atoms in total. The van der Waals surface area contributed by atoms with Crippen LogP contribution in [0, 0.1) is 13.8 Å². The minimum Gasteiger partial charge on any atom is -0.506 e. The highest BCUT2D eigenvalue weighted by Crippen LogP contribution is 2.52. The van der Waals surface area contributed by atoms with E-state index in [9.17, 15) is 19.8 Å². The van der Waals surface area contributed by atoms with Gasteiger partial charge in [-0.15, -0.1) is 34.0 Å². The Balaban J connectivity index is 2.27. The van der Waals surface area contributed by atoms with Crippen LogP contribution in [0.5, 0.6) is 11.5 Å². The number of carbonyl (C=O) groups is 2. The largest absolute Gasteiger partial charge is 0.506 e. The summed E-state index contributed by atoms with van der Waals surface area (Å²) >= 11 is 7.37. The molecule has 0 saturated heterocycles. The maximum Gasteiger partial charge on any atom is 0.342 e. The first-order chi connectivity index (χ1) is 13.7. The Kier molecular flexibility index (Phi) is 6.37. The molecule has 0 aliphatic rings. The molecule has 0 amide bonds. The molecule has 10 heteroatoms. The van der Waals surface area contributed by atoms with E-state index in [0.717, 1.165) is 9.35 Å². The Bertz CT molecular complexity index is 1030. The van der Waals surface area contributed by atoms with Gasteiger partial charge in [-0.3, -0.25) is 0 Å². The molecule has 0 atom stereocenters. The van der Waals surface area contributed by atoms with Gasteiger partial charge in [0.2, 0.25) is 0 Å². The molecule has 3 heterocycles. The third-order valence-electron chi connectivity index (χ3n) is 4.35. The second-order valence-corrected chi connectivity index (χ2v) is 10.4. The summed E-state index contributed by atoms with van der Waals surface area (Å²) in [5.41, 5.74) is 0.211. The summed E-state index contributed by atoms with van der Waals surface area (Å²) < 4.78 is 10.4. The zero-order chi connectivity index (χ0) is 21.5. The molecule has 0 radical (unpaired) electrons. The minimum absolute atomic E-state index is 0.106. The van der Waals surface area contributed by atoms with Crippen LogP contribution >= 0.6 is 49.9 Å². The van der Waals surface area contributed by atoms with Crippen LogP contribution in [0.25, 0.3) is 0 Å². The molecule has 0 spiro atoms. The van der Waals surface area contributed by atoms with Crippen LogP contribution in [0.2, 0.25) is 0 Å². The standard InChI is InChI=1S/C19H17BrO6S3/c1-7-11(18(23)25-3)14(21)16(28-7)13(10-5-9(20)6-27-10)17-15(22)12(8(2)29-17)19(24)26-4/h5-6,13,21-22H,1-4H3. The van der Waals surface area contributed by atoms with Gasteiger partial charge in [0.15, 0.2) is 0 Å². The molecule has 154 valence electrons. The van der Waals surface area contributed by atoms with Gasteiger partial charge >= 0.3 is 11.9 Å². The molecule has 29 heavy (non-hydrogen) atoms. The van der Waals surface area contributed by atoms with Crippen LogP contribution in [0.1, 0.15) is 51.0 Å². The highest BCUT2D eigenvalue weighted by molar-refractivity contribution is 9.10. The van der Waals surface area contributed by atoms with E-state index in [4.69, 9.17) is 9.47 Å². The molecule has 0 aromatic carbocycles. The highest BCUT2D eigenvalue weighted by atomic mass is 79.9. The molecule has 0 aliphatic carbocycles. The van der Waals surface area contributed by atoms with Crippen molar-refractivity contribution >= 4 is 61.9 Å². The molecule has 3 aromatic heterocycles. The average Bonchev–Trinajstić information content (AvgIpc) is 3.32. The molecule has 0 bridgehead atoms. The minimum atomic E-state index is -0.629. The van der Waals surface area contributed by atoms with Crippen molar-refractivity contribution in [3.63, 3.8) is 0 Å². The van der Waals surface area contributed by atoms with Crippen LogP contribution in [-0.4, -0.2) is 36.4 Å². The van der Waals surface area contributed by atoms with E-state index in [-0.39, 0.29) is 22.6 Å². The Hall–Kier alpha value is -1.88. The zero-order valence-corrected chi connectivity index (χ0v) is 19.9. The van der Waals surface area contributed by atoms with Crippen molar-refractivity contribution in [3.8, 4) is 11.5 Å². The van der Waals surface area contributed by atoms with Crippen LogP contribution < -0.4 is 0 Å². The van der Waals surface area contributed by atoms with Gasteiger partial charge in [0.05, 0.1) is 29.9 Å². The van der Waals surface area contributed by atoms with Crippen LogP contribution in [0.3, 0.4) is 0 Å². The Morgan fingerprint density at radius 1 is 0.966 bits per heavy atom. The van der Waals surface area contributed by atoms with E-state index in [1.807, 2.05) is 11.4 Å². The van der Waals surface area contributed by atoms with Gasteiger partial charge in [0.1, 0.15) is 22.6 Å². The monoisotopic (exact) mass is 516 g/mol. The summed E-state index contributed by atoms with van der Waals surface area (Å²) in [6, 6.07) is 1.88. The number of esters is 2. The SMILES string of the molecule is COC(=O)c1c(C)sc(C(c2cc(Br)cs2)c2sc(C)c(C(=O)OC)c2O)c1O. The van der Waals surface area contributed by atoms with Gasteiger partial charge in [0, 0.05) is 24.5 Å². The molecule has 0 aliphatic heterocycles. The molecule has 0 saturated carbocycles. The molecule has 3 aromatic rings. The second kappa shape index (κ2) is 8.47. The Labute approximate surface area is 187 Å². The van der Waals surface area contributed by atoms with Crippen molar-refractivity contribution < 1.29 is 29.3 Å². The summed E-state index contributed by atoms with van der Waals surface area (Å²) in [5.74, 6) is -2.18. The van der Waals surface area contributed by atoms with Gasteiger partial charge in [-0.05, 0) is 35.8 Å². The van der Waals surface area contributed by atoms with E-state index in [2.05, 4.69) is 15.9 Å².